The first-order valence-electron chi connectivity index (χ1n) is 8.11. The molecule has 0 aromatic heterocycles. The van der Waals surface area contributed by atoms with Crippen molar-refractivity contribution in [3.05, 3.63) is 30.3 Å². The number of ether oxygens (including phenoxy) is 2. The normalized spacial score (nSPS) is 13.8. The highest BCUT2D eigenvalue weighted by atomic mass is 16.6. The number of aliphatic carboxylic acids is 1. The molecule has 24 heavy (non-hydrogen) atoms. The molecule has 0 aliphatic heterocycles. The minimum atomic E-state index is -1.86. The van der Waals surface area contributed by atoms with Crippen LogP contribution in [-0.2, 0) is 19.1 Å². The van der Waals surface area contributed by atoms with Crippen LogP contribution in [0.3, 0.4) is 0 Å². The molecule has 0 heterocycles. The lowest BCUT2D eigenvalue weighted by atomic mass is 10.1. The van der Waals surface area contributed by atoms with Crippen molar-refractivity contribution < 1.29 is 24.2 Å². The zero-order valence-corrected chi connectivity index (χ0v) is 14.8. The summed E-state index contributed by atoms with van der Waals surface area (Å²) < 4.78 is 10.9. The average Bonchev–Trinajstić information content (AvgIpc) is 2.46. The number of carboxylic acid groups (broad SMARTS) is 1. The molecule has 0 aliphatic rings. The second-order valence-corrected chi connectivity index (χ2v) is 6.59. The van der Waals surface area contributed by atoms with Gasteiger partial charge in [0, 0.05) is 5.69 Å². The Morgan fingerprint density at radius 2 is 1.79 bits per heavy atom. The van der Waals surface area contributed by atoms with Gasteiger partial charge in [0.05, 0.1) is 6.61 Å². The van der Waals surface area contributed by atoms with E-state index in [1.807, 2.05) is 13.0 Å². The molecule has 0 saturated heterocycles. The van der Waals surface area contributed by atoms with E-state index in [0.29, 0.717) is 12.1 Å². The number of unbranched alkanes of at least 4 members (excludes halogenated alkanes) is 1. The number of rotatable bonds is 9. The number of hydrogen-bond acceptors (Lipinski definition) is 5. The number of carboxylic acids is 1. The van der Waals surface area contributed by atoms with Gasteiger partial charge in [0.15, 0.2) is 0 Å². The Morgan fingerprint density at radius 3 is 2.29 bits per heavy atom. The highest BCUT2D eigenvalue weighted by molar-refractivity contribution is 5.87. The van der Waals surface area contributed by atoms with E-state index in [-0.39, 0.29) is 6.61 Å². The standard InChI is InChI=1S/C18H27NO5/c1-5-6-12-23-18(16(21)22,13-15(20)24-17(2,3)4)19-14-10-8-7-9-11-14/h7-11,19H,5-6,12-13H2,1-4H3,(H,21,22)/t18-/m1/s1. The van der Waals surface area contributed by atoms with E-state index in [9.17, 15) is 14.7 Å². The highest BCUT2D eigenvalue weighted by Gasteiger charge is 2.43. The number of carbonyl (C=O) groups is 2. The van der Waals surface area contributed by atoms with E-state index in [1.165, 1.54) is 0 Å². The molecule has 0 unspecified atom stereocenters. The van der Waals surface area contributed by atoms with Crippen LogP contribution in [0.4, 0.5) is 5.69 Å². The number of anilines is 1. The van der Waals surface area contributed by atoms with Crippen LogP contribution >= 0.6 is 0 Å². The maximum Gasteiger partial charge on any atom is 0.357 e. The summed E-state index contributed by atoms with van der Waals surface area (Å²) in [5.74, 6) is -1.89. The van der Waals surface area contributed by atoms with Gasteiger partial charge < -0.3 is 19.9 Å². The summed E-state index contributed by atoms with van der Waals surface area (Å²) >= 11 is 0. The van der Waals surface area contributed by atoms with E-state index in [2.05, 4.69) is 5.32 Å². The Kier molecular flexibility index (Phi) is 7.22. The van der Waals surface area contributed by atoms with Gasteiger partial charge >= 0.3 is 11.9 Å². The third-order valence-electron chi connectivity index (χ3n) is 3.13. The van der Waals surface area contributed by atoms with Crippen LogP contribution < -0.4 is 5.32 Å². The van der Waals surface area contributed by atoms with Crippen LogP contribution in [0.5, 0.6) is 0 Å². The van der Waals surface area contributed by atoms with Crippen molar-refractivity contribution >= 4 is 17.6 Å². The maximum absolute atomic E-state index is 12.2. The van der Waals surface area contributed by atoms with Crippen LogP contribution in [0.1, 0.15) is 47.0 Å². The lowest BCUT2D eigenvalue weighted by molar-refractivity contribution is -0.175. The van der Waals surface area contributed by atoms with Crippen LogP contribution in [0, 0.1) is 0 Å². The molecule has 0 saturated carbocycles. The van der Waals surface area contributed by atoms with Gasteiger partial charge in [0.2, 0.25) is 5.72 Å². The first-order valence-corrected chi connectivity index (χ1v) is 8.11. The monoisotopic (exact) mass is 337 g/mol. The molecule has 1 atom stereocenters. The zero-order valence-electron chi connectivity index (χ0n) is 14.8. The topological polar surface area (TPSA) is 84.9 Å². The van der Waals surface area contributed by atoms with Crippen molar-refractivity contribution in [1.82, 2.24) is 0 Å². The molecule has 134 valence electrons. The van der Waals surface area contributed by atoms with E-state index in [1.54, 1.807) is 45.0 Å². The Hall–Kier alpha value is -2.08. The molecule has 1 aromatic carbocycles. The predicted molar refractivity (Wildman–Crippen MR) is 91.8 cm³/mol. The largest absolute Gasteiger partial charge is 0.478 e. The second-order valence-electron chi connectivity index (χ2n) is 6.59. The lowest BCUT2D eigenvalue weighted by Crippen LogP contribution is -2.51. The highest BCUT2D eigenvalue weighted by Crippen LogP contribution is 2.23. The molecule has 6 heteroatoms. The summed E-state index contributed by atoms with van der Waals surface area (Å²) in [5.41, 5.74) is -2.00. The SMILES string of the molecule is CCCCO[C@@](CC(=O)OC(C)(C)C)(Nc1ccccc1)C(=O)O. The van der Waals surface area contributed by atoms with Crippen LogP contribution in [0.2, 0.25) is 0 Å². The Morgan fingerprint density at radius 1 is 1.17 bits per heavy atom. The molecule has 0 aliphatic carbocycles. The van der Waals surface area contributed by atoms with Crippen LogP contribution in [0.15, 0.2) is 30.3 Å². The minimum Gasteiger partial charge on any atom is -0.478 e. The predicted octanol–water partition coefficient (Wildman–Crippen LogP) is 3.43. The van der Waals surface area contributed by atoms with Gasteiger partial charge in [-0.05, 0) is 39.3 Å². The average molecular weight is 337 g/mol. The zero-order chi connectivity index (χ0) is 18.2. The van der Waals surface area contributed by atoms with Crippen molar-refractivity contribution in [2.75, 3.05) is 11.9 Å². The summed E-state index contributed by atoms with van der Waals surface area (Å²) in [6, 6.07) is 8.80. The van der Waals surface area contributed by atoms with E-state index in [0.717, 1.165) is 6.42 Å². The fourth-order valence-corrected chi connectivity index (χ4v) is 2.05. The molecule has 0 radical (unpaired) electrons. The number of hydrogen-bond donors (Lipinski definition) is 2. The number of para-hydroxylation sites is 1. The van der Waals surface area contributed by atoms with Crippen molar-refractivity contribution in [2.45, 2.75) is 58.3 Å². The third-order valence-corrected chi connectivity index (χ3v) is 3.13. The molecule has 2 N–H and O–H groups in total. The van der Waals surface area contributed by atoms with Crippen molar-refractivity contribution in [3.63, 3.8) is 0 Å². The fourth-order valence-electron chi connectivity index (χ4n) is 2.05. The van der Waals surface area contributed by atoms with E-state index >= 15 is 0 Å². The molecule has 0 fully saturated rings. The first kappa shape index (κ1) is 20.0. The molecule has 0 amide bonds. The van der Waals surface area contributed by atoms with Gasteiger partial charge in [-0.15, -0.1) is 0 Å². The van der Waals surface area contributed by atoms with Gasteiger partial charge in [-0.2, -0.15) is 0 Å². The molecule has 6 nitrogen and oxygen atoms in total. The molecular weight excluding hydrogens is 310 g/mol. The van der Waals surface area contributed by atoms with Crippen molar-refractivity contribution in [3.8, 4) is 0 Å². The van der Waals surface area contributed by atoms with Gasteiger partial charge in [0.1, 0.15) is 12.0 Å². The summed E-state index contributed by atoms with van der Waals surface area (Å²) in [4.78, 5) is 24.1. The summed E-state index contributed by atoms with van der Waals surface area (Å²) in [7, 11) is 0. The Bertz CT molecular complexity index is 538. The summed E-state index contributed by atoms with van der Waals surface area (Å²) in [6.07, 6.45) is 1.12. The smallest absolute Gasteiger partial charge is 0.357 e. The van der Waals surface area contributed by atoms with Crippen LogP contribution in [0.25, 0.3) is 0 Å². The molecular formula is C18H27NO5. The molecule has 1 rings (SSSR count). The number of nitrogens with one attached hydrogen (secondary N) is 1. The van der Waals surface area contributed by atoms with Crippen molar-refractivity contribution in [1.29, 1.82) is 0 Å². The molecule has 0 spiro atoms. The molecule has 0 bridgehead atoms. The molecule has 1 aromatic rings. The quantitative estimate of drug-likeness (QED) is 0.408. The van der Waals surface area contributed by atoms with Gasteiger partial charge in [-0.1, -0.05) is 31.5 Å². The number of esters is 1. The van der Waals surface area contributed by atoms with Crippen LogP contribution in [-0.4, -0.2) is 35.0 Å². The Labute approximate surface area is 143 Å². The van der Waals surface area contributed by atoms with E-state index < -0.39 is 29.7 Å². The third kappa shape index (κ3) is 6.58. The lowest BCUT2D eigenvalue weighted by Gasteiger charge is -2.32. The van der Waals surface area contributed by atoms with E-state index in [4.69, 9.17) is 9.47 Å². The van der Waals surface area contributed by atoms with Gasteiger partial charge in [0.25, 0.3) is 0 Å². The second kappa shape index (κ2) is 8.68. The maximum atomic E-state index is 12.2. The first-order chi connectivity index (χ1) is 11.2. The number of carbonyl (C=O) groups excluding carboxylic acids is 1. The number of benzene rings is 1. The van der Waals surface area contributed by atoms with Gasteiger partial charge in [-0.25, -0.2) is 4.79 Å². The fraction of sp³-hybridized carbons (Fsp3) is 0.556. The summed E-state index contributed by atoms with van der Waals surface area (Å²) in [6.45, 7) is 7.40. The van der Waals surface area contributed by atoms with Gasteiger partial charge in [-0.3, -0.25) is 4.79 Å². The minimum absolute atomic E-state index is 0.228. The van der Waals surface area contributed by atoms with Crippen molar-refractivity contribution in [2.24, 2.45) is 0 Å². The Balaban J connectivity index is 3.02. The summed E-state index contributed by atoms with van der Waals surface area (Å²) in [5, 5.41) is 12.6.